The van der Waals surface area contributed by atoms with Crippen molar-refractivity contribution in [3.8, 4) is 28.3 Å². The van der Waals surface area contributed by atoms with E-state index in [2.05, 4.69) is 125 Å². The smallest absolute Gasteiger partial charge is 0.120 e. The summed E-state index contributed by atoms with van der Waals surface area (Å²) in [5, 5.41) is 6.57. The van der Waals surface area contributed by atoms with Crippen LogP contribution in [0.2, 0.25) is 17.3 Å². The van der Waals surface area contributed by atoms with Crippen LogP contribution in [-0.2, 0) is 26.5 Å². The zero-order valence-electron chi connectivity index (χ0n) is 35.8. The molecule has 7 nitrogen and oxygen atoms in total. The van der Waals surface area contributed by atoms with E-state index in [1.165, 1.54) is 9.96 Å². The molecule has 0 fully saturated rings. The van der Waals surface area contributed by atoms with Gasteiger partial charge in [0.05, 0.1) is 22.4 Å². The van der Waals surface area contributed by atoms with E-state index in [4.69, 9.17) is 18.8 Å². The van der Waals surface area contributed by atoms with Crippen LogP contribution in [0.15, 0.2) is 136 Å². The Labute approximate surface area is 377 Å². The predicted molar refractivity (Wildman–Crippen MR) is 252 cm³/mol. The van der Waals surface area contributed by atoms with E-state index in [0.29, 0.717) is 11.6 Å². The Morgan fingerprint density at radius 1 is 0.694 bits per heavy atom. The van der Waals surface area contributed by atoms with Gasteiger partial charge in [-0.25, -0.2) is 0 Å². The van der Waals surface area contributed by atoms with Gasteiger partial charge in [0.1, 0.15) is 5.58 Å². The van der Waals surface area contributed by atoms with Gasteiger partial charge in [-0.3, -0.25) is 9.97 Å². The Morgan fingerprint density at radius 2 is 1.42 bits per heavy atom. The fourth-order valence-electron chi connectivity index (χ4n) is 8.59. The average Bonchev–Trinajstić information content (AvgIpc) is 3.94. The number of furan rings is 2. The van der Waals surface area contributed by atoms with Gasteiger partial charge in [0.15, 0.2) is 0 Å². The zero-order chi connectivity index (χ0) is 42.0. The number of aryl methyl sites for hydroxylation is 2. The maximum absolute atomic E-state index is 6.32. The predicted octanol–water partition coefficient (Wildman–Crippen LogP) is 13.1. The van der Waals surface area contributed by atoms with E-state index in [1.54, 1.807) is 0 Å². The van der Waals surface area contributed by atoms with Crippen LogP contribution in [0, 0.1) is 31.9 Å². The number of fused-ring (bicyclic) bond motifs is 8. The van der Waals surface area contributed by atoms with Crippen LogP contribution in [-0.4, -0.2) is 37.8 Å². The van der Waals surface area contributed by atoms with Gasteiger partial charge in [-0.2, -0.15) is 0 Å². The SMILES string of the molecule is Cc1ccc2c(n1)oc1c(-c3cc(CC(C)C)[c]([Ge]([CH3])([CH3])[CH3])cn3)[c-]ccc12.Cc1nccc2cc(-n3c(-c4[c-]ccc5c4oc4ccccc45)nc4ccccc43)ccc12.[Ir]. The summed E-state index contributed by atoms with van der Waals surface area (Å²) in [4.78, 5) is 18.9. The molecule has 6 heterocycles. The van der Waals surface area contributed by atoms with Crippen molar-refractivity contribution >= 4 is 83.5 Å². The van der Waals surface area contributed by atoms with Gasteiger partial charge in [0.2, 0.25) is 0 Å². The fourth-order valence-corrected chi connectivity index (χ4v) is 11.9. The van der Waals surface area contributed by atoms with Crippen molar-refractivity contribution < 1.29 is 28.9 Å². The van der Waals surface area contributed by atoms with Crippen molar-refractivity contribution in [2.24, 2.45) is 5.92 Å². The minimum absolute atomic E-state index is 0. The molecular formula is C53H45GeIrN5O2-2. The molecule has 0 unspecified atom stereocenters. The molecule has 0 bridgehead atoms. The standard InChI is InChI=1S/C29H18N3O.C24H27GeN2O.Ir/c1-18-21-14-13-20(17-19(21)15-16-30-18)32-26-11-4-3-10-25(26)31-29(32)24-9-6-8-23-22-7-2-5-12-27(22)33-28(23)24;1-15(2)12-17-13-22(26-14-21(17)25(4,5)6)20-9-7-8-18-19-11-10-16(3)27-24(19)28-23(18)20;/h2-8,10-17H,1H3;7-8,10-11,13-15H,12H2,1-6H3;/q2*-1;. The number of benzene rings is 5. The van der Waals surface area contributed by atoms with Crippen LogP contribution in [0.3, 0.4) is 0 Å². The summed E-state index contributed by atoms with van der Waals surface area (Å²) in [6.45, 7) is 8.58. The van der Waals surface area contributed by atoms with Crippen molar-refractivity contribution in [3.05, 3.63) is 157 Å². The van der Waals surface area contributed by atoms with Crippen molar-refractivity contribution in [1.29, 1.82) is 0 Å². The van der Waals surface area contributed by atoms with Crippen LogP contribution < -0.4 is 4.40 Å². The summed E-state index contributed by atoms with van der Waals surface area (Å²) in [7, 11) is 0. The molecular weight excluding hydrogens is 1000 g/mol. The maximum atomic E-state index is 6.32. The van der Waals surface area contributed by atoms with Gasteiger partial charge in [-0.15, -0.1) is 18.2 Å². The summed E-state index contributed by atoms with van der Waals surface area (Å²) in [5.74, 6) is 8.71. The first kappa shape index (κ1) is 41.4. The van der Waals surface area contributed by atoms with Gasteiger partial charge >= 0.3 is 170 Å². The Morgan fingerprint density at radius 3 is 2.23 bits per heavy atom. The topological polar surface area (TPSA) is 82.8 Å². The molecule has 9 heteroatoms. The van der Waals surface area contributed by atoms with E-state index in [9.17, 15) is 0 Å². The first-order valence-corrected chi connectivity index (χ1v) is 28.2. The van der Waals surface area contributed by atoms with Gasteiger partial charge in [-0.1, -0.05) is 47.3 Å². The fraction of sp³-hybridized carbons (Fsp3) is 0.170. The monoisotopic (exact) mass is 1050 g/mol. The van der Waals surface area contributed by atoms with Crippen molar-refractivity contribution in [2.45, 2.75) is 51.4 Å². The average molecular weight is 1050 g/mol. The van der Waals surface area contributed by atoms with E-state index in [-0.39, 0.29) is 20.1 Å². The molecule has 0 spiro atoms. The largest absolute Gasteiger partial charge is 0.501 e. The first-order valence-electron chi connectivity index (χ1n) is 20.9. The molecule has 0 aliphatic carbocycles. The summed E-state index contributed by atoms with van der Waals surface area (Å²) >= 11 is -1.99. The molecule has 11 aromatic rings. The molecule has 0 N–H and O–H groups in total. The molecule has 0 saturated heterocycles. The van der Waals surface area contributed by atoms with E-state index in [0.717, 1.165) is 106 Å². The Kier molecular flexibility index (Phi) is 11.0. The van der Waals surface area contributed by atoms with Crippen LogP contribution in [0.1, 0.15) is 30.8 Å². The number of aromatic nitrogens is 5. The van der Waals surface area contributed by atoms with E-state index >= 15 is 0 Å². The van der Waals surface area contributed by atoms with Crippen molar-refractivity contribution in [1.82, 2.24) is 24.5 Å². The number of hydrogen-bond acceptors (Lipinski definition) is 6. The Hall–Kier alpha value is -5.93. The molecule has 309 valence electrons. The van der Waals surface area contributed by atoms with Gasteiger partial charge in [-0.05, 0) is 48.7 Å². The van der Waals surface area contributed by atoms with Gasteiger partial charge in [0, 0.05) is 48.5 Å². The van der Waals surface area contributed by atoms with Crippen LogP contribution in [0.25, 0.3) is 94.1 Å². The minimum Gasteiger partial charge on any atom is -0.501 e. The second kappa shape index (κ2) is 16.4. The number of imidazole rings is 1. The van der Waals surface area contributed by atoms with Crippen molar-refractivity contribution in [3.63, 3.8) is 0 Å². The summed E-state index contributed by atoms with van der Waals surface area (Å²) in [6, 6.07) is 46.1. The third kappa shape index (κ3) is 7.44. The van der Waals surface area contributed by atoms with Crippen LogP contribution in [0.5, 0.6) is 0 Å². The molecule has 0 amide bonds. The second-order valence-corrected chi connectivity index (χ2v) is 27.9. The van der Waals surface area contributed by atoms with Gasteiger partial charge < -0.3 is 8.98 Å². The number of para-hydroxylation sites is 3. The summed E-state index contributed by atoms with van der Waals surface area (Å²) < 4.78 is 16.2. The zero-order valence-corrected chi connectivity index (χ0v) is 40.3. The quantitative estimate of drug-likeness (QED) is 0.122. The minimum atomic E-state index is -1.99. The summed E-state index contributed by atoms with van der Waals surface area (Å²) in [5.41, 5.74) is 12.3. The number of hydrogen-bond donors (Lipinski definition) is 0. The summed E-state index contributed by atoms with van der Waals surface area (Å²) in [6.07, 6.45) is 5.05. The Bertz CT molecular complexity index is 3470. The molecule has 62 heavy (non-hydrogen) atoms. The Balaban J connectivity index is 0.000000158. The molecule has 1 radical (unpaired) electrons. The molecule has 0 aliphatic heterocycles. The second-order valence-electron chi connectivity index (χ2n) is 17.3. The van der Waals surface area contributed by atoms with Crippen LogP contribution >= 0.6 is 0 Å². The number of rotatable bonds is 6. The molecule has 0 atom stereocenters. The molecule has 0 aliphatic rings. The molecule has 0 saturated carbocycles. The third-order valence-electron chi connectivity index (χ3n) is 11.4. The molecule has 11 rings (SSSR count). The number of pyridine rings is 3. The molecule has 6 aromatic heterocycles. The number of nitrogens with zero attached hydrogens (tertiary/aromatic N) is 5. The van der Waals surface area contributed by atoms with Crippen molar-refractivity contribution in [2.75, 3.05) is 0 Å². The first-order chi connectivity index (χ1) is 29.5. The normalized spacial score (nSPS) is 11.9. The third-order valence-corrected chi connectivity index (χ3v) is 15.8. The van der Waals surface area contributed by atoms with Gasteiger partial charge in [0.25, 0.3) is 0 Å². The van der Waals surface area contributed by atoms with E-state index in [1.807, 2.05) is 74.6 Å². The maximum Gasteiger partial charge on any atom is 0.120 e. The van der Waals surface area contributed by atoms with E-state index < -0.39 is 13.3 Å². The van der Waals surface area contributed by atoms with Crippen LogP contribution in [0.4, 0.5) is 0 Å². The molecule has 5 aromatic carbocycles.